The van der Waals surface area contributed by atoms with Crippen LogP contribution in [0.4, 0.5) is 18.9 Å². The van der Waals surface area contributed by atoms with Crippen LogP contribution in [0.3, 0.4) is 0 Å². The highest BCUT2D eigenvalue weighted by molar-refractivity contribution is 6.33. The van der Waals surface area contributed by atoms with Gasteiger partial charge in [-0.2, -0.15) is 18.3 Å². The highest BCUT2D eigenvalue weighted by Crippen LogP contribution is 2.33. The van der Waals surface area contributed by atoms with E-state index in [9.17, 15) is 18.0 Å². The summed E-state index contributed by atoms with van der Waals surface area (Å²) in [4.78, 5) is 12.2. The number of rotatable bonds is 3. The predicted octanol–water partition coefficient (Wildman–Crippen LogP) is 4.14. The minimum Gasteiger partial charge on any atom is -0.319 e. The zero-order valence-corrected chi connectivity index (χ0v) is 12.6. The monoisotopic (exact) mass is 331 g/mol. The Balaban J connectivity index is 2.32. The Morgan fingerprint density at radius 1 is 1.36 bits per heavy atom. The number of anilines is 1. The van der Waals surface area contributed by atoms with E-state index in [-0.39, 0.29) is 16.4 Å². The number of benzene rings is 1. The molecule has 0 atom stereocenters. The largest absolute Gasteiger partial charge is 0.416 e. The van der Waals surface area contributed by atoms with Crippen LogP contribution in [0.1, 0.15) is 28.7 Å². The number of aromatic nitrogens is 2. The molecule has 2 aromatic rings. The second-order valence-electron chi connectivity index (χ2n) is 4.63. The van der Waals surface area contributed by atoms with Crippen LogP contribution in [0.5, 0.6) is 0 Å². The number of hydrogen-bond donors (Lipinski definition) is 1. The summed E-state index contributed by atoms with van der Waals surface area (Å²) in [6, 6.07) is 4.32. The Morgan fingerprint density at radius 3 is 2.64 bits per heavy atom. The van der Waals surface area contributed by atoms with Crippen molar-refractivity contribution in [3.8, 4) is 0 Å². The summed E-state index contributed by atoms with van der Waals surface area (Å²) in [6.07, 6.45) is -4.51. The van der Waals surface area contributed by atoms with Gasteiger partial charge in [0.25, 0.3) is 5.91 Å². The van der Waals surface area contributed by atoms with Gasteiger partial charge < -0.3 is 5.32 Å². The van der Waals surface area contributed by atoms with Gasteiger partial charge >= 0.3 is 6.18 Å². The maximum absolute atomic E-state index is 12.7. The molecule has 1 amide bonds. The smallest absolute Gasteiger partial charge is 0.319 e. The number of hydrogen-bond acceptors (Lipinski definition) is 2. The van der Waals surface area contributed by atoms with Gasteiger partial charge in [-0.15, -0.1) is 0 Å². The maximum atomic E-state index is 12.7. The lowest BCUT2D eigenvalue weighted by Gasteiger charge is -2.12. The van der Waals surface area contributed by atoms with Crippen molar-refractivity contribution in [2.45, 2.75) is 26.6 Å². The van der Waals surface area contributed by atoms with E-state index in [4.69, 9.17) is 11.6 Å². The molecule has 4 nitrogen and oxygen atoms in total. The first-order valence-electron chi connectivity index (χ1n) is 6.45. The lowest BCUT2D eigenvalue weighted by atomic mass is 10.2. The Labute approximate surface area is 129 Å². The van der Waals surface area contributed by atoms with Gasteiger partial charge in [-0.25, -0.2) is 0 Å². The van der Waals surface area contributed by atoms with E-state index in [0.717, 1.165) is 18.2 Å². The summed E-state index contributed by atoms with van der Waals surface area (Å²) in [5, 5.41) is 6.54. The topological polar surface area (TPSA) is 46.9 Å². The number of nitrogens with one attached hydrogen (secondary N) is 1. The molecular weight excluding hydrogens is 319 g/mol. The molecule has 1 aromatic carbocycles. The summed E-state index contributed by atoms with van der Waals surface area (Å²) in [5.74, 6) is -0.566. The molecule has 0 aliphatic rings. The van der Waals surface area contributed by atoms with Crippen LogP contribution in [-0.2, 0) is 12.7 Å². The van der Waals surface area contributed by atoms with E-state index >= 15 is 0 Å². The van der Waals surface area contributed by atoms with E-state index < -0.39 is 17.6 Å². The molecule has 1 aromatic heterocycles. The molecule has 0 spiro atoms. The first-order chi connectivity index (χ1) is 10.2. The standard InChI is InChI=1S/C14H13ClF3N3O/c1-3-21-12(6-8(2)20-21)13(22)19-11-7-9(14(16,17)18)4-5-10(11)15/h4-7H,3H2,1-2H3,(H,19,22). The SMILES string of the molecule is CCn1nc(C)cc1C(=O)Nc1cc(C(F)(F)F)ccc1Cl. The molecule has 1 N–H and O–H groups in total. The predicted molar refractivity (Wildman–Crippen MR) is 77.0 cm³/mol. The zero-order chi connectivity index (χ0) is 16.5. The third-order valence-corrected chi connectivity index (χ3v) is 3.31. The van der Waals surface area contributed by atoms with Crippen LogP contribution >= 0.6 is 11.6 Å². The Kier molecular flexibility index (Phi) is 4.46. The Bertz CT molecular complexity index is 710. The van der Waals surface area contributed by atoms with Gasteiger partial charge in [0.15, 0.2) is 0 Å². The normalized spacial score (nSPS) is 11.5. The van der Waals surface area contributed by atoms with Crippen molar-refractivity contribution in [2.24, 2.45) is 0 Å². The molecule has 22 heavy (non-hydrogen) atoms. The zero-order valence-electron chi connectivity index (χ0n) is 11.8. The number of nitrogens with zero attached hydrogens (tertiary/aromatic N) is 2. The summed E-state index contributed by atoms with van der Waals surface area (Å²) in [5.41, 5.74) is -0.0778. The molecule has 0 aliphatic carbocycles. The fourth-order valence-electron chi connectivity index (χ4n) is 1.95. The third kappa shape index (κ3) is 3.41. The molecule has 0 fully saturated rings. The molecule has 0 unspecified atom stereocenters. The highest BCUT2D eigenvalue weighted by atomic mass is 35.5. The molecule has 118 valence electrons. The van der Waals surface area contributed by atoms with Gasteiger partial charge in [-0.05, 0) is 38.1 Å². The molecule has 0 saturated heterocycles. The fourth-order valence-corrected chi connectivity index (χ4v) is 2.12. The molecule has 0 saturated carbocycles. The number of amides is 1. The molecule has 0 bridgehead atoms. The van der Waals surface area contributed by atoms with Gasteiger partial charge in [0.05, 0.1) is 22.0 Å². The van der Waals surface area contributed by atoms with E-state index in [2.05, 4.69) is 10.4 Å². The molecular formula is C14H13ClF3N3O. The lowest BCUT2D eigenvalue weighted by molar-refractivity contribution is -0.137. The minimum atomic E-state index is -4.51. The van der Waals surface area contributed by atoms with Crippen LogP contribution in [0.25, 0.3) is 0 Å². The number of aryl methyl sites for hydroxylation is 2. The van der Waals surface area contributed by atoms with Crippen LogP contribution in [0.15, 0.2) is 24.3 Å². The van der Waals surface area contributed by atoms with Crippen molar-refractivity contribution in [1.82, 2.24) is 9.78 Å². The first kappa shape index (κ1) is 16.4. The summed E-state index contributed by atoms with van der Waals surface area (Å²) in [7, 11) is 0. The fraction of sp³-hybridized carbons (Fsp3) is 0.286. The maximum Gasteiger partial charge on any atom is 0.416 e. The van der Waals surface area contributed by atoms with E-state index in [1.54, 1.807) is 19.9 Å². The van der Waals surface area contributed by atoms with Crippen LogP contribution in [-0.4, -0.2) is 15.7 Å². The minimum absolute atomic E-state index is 0.0284. The van der Waals surface area contributed by atoms with E-state index in [1.807, 2.05) is 0 Å². The second-order valence-corrected chi connectivity index (χ2v) is 5.04. The van der Waals surface area contributed by atoms with Crippen LogP contribution in [0.2, 0.25) is 5.02 Å². The lowest BCUT2D eigenvalue weighted by Crippen LogP contribution is -2.18. The van der Waals surface area contributed by atoms with Gasteiger partial charge in [0.1, 0.15) is 5.69 Å². The number of alkyl halides is 3. The van der Waals surface area contributed by atoms with Crippen molar-refractivity contribution in [3.05, 3.63) is 46.2 Å². The molecule has 8 heteroatoms. The second kappa shape index (κ2) is 6.00. The van der Waals surface area contributed by atoms with Crippen LogP contribution in [0, 0.1) is 6.92 Å². The van der Waals surface area contributed by atoms with Gasteiger partial charge in [-0.3, -0.25) is 9.48 Å². The summed E-state index contributed by atoms with van der Waals surface area (Å²) < 4.78 is 39.6. The highest BCUT2D eigenvalue weighted by Gasteiger charge is 2.31. The van der Waals surface area contributed by atoms with Gasteiger partial charge in [0, 0.05) is 6.54 Å². The van der Waals surface area contributed by atoms with Crippen molar-refractivity contribution in [3.63, 3.8) is 0 Å². The third-order valence-electron chi connectivity index (χ3n) is 2.98. The summed E-state index contributed by atoms with van der Waals surface area (Å²) >= 11 is 5.85. The van der Waals surface area contributed by atoms with E-state index in [0.29, 0.717) is 12.2 Å². The molecule has 1 heterocycles. The summed E-state index contributed by atoms with van der Waals surface area (Å²) in [6.45, 7) is 3.99. The van der Waals surface area contributed by atoms with Crippen molar-refractivity contribution in [2.75, 3.05) is 5.32 Å². The molecule has 0 aliphatic heterocycles. The quantitative estimate of drug-likeness (QED) is 0.919. The van der Waals surface area contributed by atoms with Gasteiger partial charge in [-0.1, -0.05) is 11.6 Å². The van der Waals surface area contributed by atoms with Gasteiger partial charge in [0.2, 0.25) is 0 Å². The van der Waals surface area contributed by atoms with Crippen molar-refractivity contribution < 1.29 is 18.0 Å². The van der Waals surface area contributed by atoms with E-state index in [1.165, 1.54) is 4.68 Å². The van der Waals surface area contributed by atoms with Crippen molar-refractivity contribution in [1.29, 1.82) is 0 Å². The number of carbonyl (C=O) groups is 1. The Hall–Kier alpha value is -2.02. The number of halogens is 4. The first-order valence-corrected chi connectivity index (χ1v) is 6.82. The number of carbonyl (C=O) groups excluding carboxylic acids is 1. The average molecular weight is 332 g/mol. The molecule has 2 rings (SSSR count). The van der Waals surface area contributed by atoms with Crippen LogP contribution < -0.4 is 5.32 Å². The Morgan fingerprint density at radius 2 is 2.05 bits per heavy atom. The average Bonchev–Trinajstić information content (AvgIpc) is 2.81. The van der Waals surface area contributed by atoms with Crippen molar-refractivity contribution >= 4 is 23.2 Å². The molecule has 0 radical (unpaired) electrons.